The van der Waals surface area contributed by atoms with Gasteiger partial charge >= 0.3 is 0 Å². The molecule has 2 atom stereocenters. The van der Waals surface area contributed by atoms with Crippen LogP contribution < -0.4 is 5.32 Å². The molecule has 1 aliphatic heterocycles. The minimum atomic E-state index is -2.80. The third-order valence-corrected chi connectivity index (χ3v) is 2.58. The first-order chi connectivity index (χ1) is 7.06. The van der Waals surface area contributed by atoms with Gasteiger partial charge in [0.25, 0.3) is 6.43 Å². The fraction of sp³-hybridized carbons (Fsp3) is 0.889. The van der Waals surface area contributed by atoms with E-state index in [-0.39, 0.29) is 18.5 Å². The van der Waals surface area contributed by atoms with Crippen LogP contribution in [0.3, 0.4) is 0 Å². The number of carbonyl (C=O) groups excluding carboxylic acids is 1. The molecular formula is C9H16F2N2O2. The van der Waals surface area contributed by atoms with Crippen LogP contribution in [-0.2, 0) is 4.79 Å². The first-order valence-electron chi connectivity index (χ1n) is 4.98. The Labute approximate surface area is 87.2 Å². The highest BCUT2D eigenvalue weighted by molar-refractivity contribution is 5.82. The number of aliphatic hydroxyl groups is 1. The van der Waals surface area contributed by atoms with Gasteiger partial charge < -0.3 is 15.3 Å². The van der Waals surface area contributed by atoms with Gasteiger partial charge in [0.2, 0.25) is 5.91 Å². The molecule has 15 heavy (non-hydrogen) atoms. The predicted molar refractivity (Wildman–Crippen MR) is 50.7 cm³/mol. The molecule has 88 valence electrons. The number of alkyl halides is 2. The number of nitrogens with one attached hydrogen (secondary N) is 1. The zero-order valence-electron chi connectivity index (χ0n) is 8.62. The number of halogens is 2. The summed E-state index contributed by atoms with van der Waals surface area (Å²) in [5.41, 5.74) is 0. The molecule has 2 N–H and O–H groups in total. The van der Waals surface area contributed by atoms with Crippen molar-refractivity contribution < 1.29 is 18.7 Å². The maximum absolute atomic E-state index is 12.1. The number of likely N-dealkylation sites (N-methyl/N-ethyl adjacent to an activating group) is 1. The van der Waals surface area contributed by atoms with Gasteiger partial charge in [0.15, 0.2) is 0 Å². The number of aliphatic hydroxyl groups excluding tert-OH is 1. The summed E-state index contributed by atoms with van der Waals surface area (Å²) in [6.45, 7) is 0.162. The quantitative estimate of drug-likeness (QED) is 0.694. The number of hydrogen-bond donors (Lipinski definition) is 2. The Balaban J connectivity index is 2.50. The largest absolute Gasteiger partial charge is 0.385 e. The van der Waals surface area contributed by atoms with E-state index in [0.29, 0.717) is 6.54 Å². The molecular weight excluding hydrogens is 206 g/mol. The molecule has 1 saturated heterocycles. The molecule has 0 radical (unpaired) electrons. The van der Waals surface area contributed by atoms with Crippen LogP contribution in [0.4, 0.5) is 8.78 Å². The lowest BCUT2D eigenvalue weighted by Gasteiger charge is -2.33. The summed E-state index contributed by atoms with van der Waals surface area (Å²) in [4.78, 5) is 12.9. The molecule has 0 saturated carbocycles. The molecule has 1 aliphatic rings. The molecule has 0 aromatic heterocycles. The Kier molecular flexibility index (Phi) is 4.41. The minimum absolute atomic E-state index is 0.205. The molecule has 0 aromatic carbocycles. The monoisotopic (exact) mass is 222 g/mol. The number of rotatable bonds is 4. The minimum Gasteiger partial charge on any atom is -0.385 e. The van der Waals surface area contributed by atoms with E-state index in [1.165, 1.54) is 4.90 Å². The van der Waals surface area contributed by atoms with Crippen molar-refractivity contribution in [3.8, 4) is 0 Å². The second kappa shape index (κ2) is 5.37. The van der Waals surface area contributed by atoms with Gasteiger partial charge in [0, 0.05) is 6.54 Å². The van der Waals surface area contributed by atoms with Crippen molar-refractivity contribution in [2.45, 2.75) is 31.4 Å². The Morgan fingerprint density at radius 2 is 2.33 bits per heavy atom. The van der Waals surface area contributed by atoms with Gasteiger partial charge in [-0.05, 0) is 19.9 Å². The van der Waals surface area contributed by atoms with E-state index in [1.807, 2.05) is 0 Å². The smallest absolute Gasteiger partial charge is 0.265 e. The normalized spacial score (nSPS) is 24.7. The summed E-state index contributed by atoms with van der Waals surface area (Å²) < 4.78 is 24.2. The maximum Gasteiger partial charge on any atom is 0.265 e. The average molecular weight is 222 g/mol. The van der Waals surface area contributed by atoms with Crippen LogP contribution in [0, 0.1) is 0 Å². The molecule has 4 nitrogen and oxygen atoms in total. The molecule has 0 spiro atoms. The highest BCUT2D eigenvalue weighted by Gasteiger charge is 2.30. The number of β-amino-alcohol motifs (C(OH)–C–C–N with tert-alkyl or cyclic N) is 1. The molecule has 0 bridgehead atoms. The van der Waals surface area contributed by atoms with Gasteiger partial charge in [-0.1, -0.05) is 0 Å². The molecule has 0 aromatic rings. The van der Waals surface area contributed by atoms with E-state index in [2.05, 4.69) is 5.32 Å². The van der Waals surface area contributed by atoms with Crippen molar-refractivity contribution in [1.29, 1.82) is 0 Å². The Morgan fingerprint density at radius 1 is 1.67 bits per heavy atom. The zero-order valence-corrected chi connectivity index (χ0v) is 8.62. The van der Waals surface area contributed by atoms with Crippen molar-refractivity contribution in [1.82, 2.24) is 10.2 Å². The number of likely N-dealkylation sites (tertiary alicyclic amines) is 1. The number of amides is 1. The number of nitrogens with zero attached hydrogens (tertiary/aromatic N) is 1. The Bertz CT molecular complexity index is 226. The first-order valence-corrected chi connectivity index (χ1v) is 4.98. The van der Waals surface area contributed by atoms with Crippen molar-refractivity contribution >= 4 is 5.91 Å². The van der Waals surface area contributed by atoms with Crippen LogP contribution in [-0.4, -0.2) is 54.6 Å². The molecule has 1 rings (SSSR count). The second-order valence-electron chi connectivity index (χ2n) is 3.67. The summed E-state index contributed by atoms with van der Waals surface area (Å²) in [6, 6.07) is -0.302. The summed E-state index contributed by atoms with van der Waals surface area (Å²) in [7, 11) is 1.66. The van der Waals surface area contributed by atoms with Crippen LogP contribution in [0.1, 0.15) is 12.8 Å². The van der Waals surface area contributed by atoms with Crippen LogP contribution in [0.2, 0.25) is 0 Å². The van der Waals surface area contributed by atoms with Gasteiger partial charge in [-0.3, -0.25) is 4.79 Å². The summed E-state index contributed by atoms with van der Waals surface area (Å²) in [6.07, 6.45) is -3.05. The number of piperidine rings is 1. The number of carbonyl (C=O) groups is 1. The SMILES string of the molecule is CNC1CCCN(CC(O)C(F)F)C1=O. The lowest BCUT2D eigenvalue weighted by Crippen LogP contribution is -2.52. The topological polar surface area (TPSA) is 52.6 Å². The highest BCUT2D eigenvalue weighted by Crippen LogP contribution is 2.13. The van der Waals surface area contributed by atoms with Gasteiger partial charge in [0.1, 0.15) is 6.10 Å². The summed E-state index contributed by atoms with van der Waals surface area (Å²) >= 11 is 0. The molecule has 2 unspecified atom stereocenters. The Morgan fingerprint density at radius 3 is 2.87 bits per heavy atom. The molecule has 0 aliphatic carbocycles. The van der Waals surface area contributed by atoms with Crippen LogP contribution in [0.25, 0.3) is 0 Å². The van der Waals surface area contributed by atoms with E-state index >= 15 is 0 Å². The van der Waals surface area contributed by atoms with E-state index in [0.717, 1.165) is 12.8 Å². The van der Waals surface area contributed by atoms with Crippen LogP contribution in [0.5, 0.6) is 0 Å². The van der Waals surface area contributed by atoms with Gasteiger partial charge in [-0.15, -0.1) is 0 Å². The fourth-order valence-electron chi connectivity index (χ4n) is 1.69. The first kappa shape index (κ1) is 12.3. The standard InChI is InChI=1S/C9H16F2N2O2/c1-12-6-3-2-4-13(9(6)15)5-7(14)8(10)11/h6-8,12,14H,2-5H2,1H3. The number of hydrogen-bond acceptors (Lipinski definition) is 3. The summed E-state index contributed by atoms with van der Waals surface area (Å²) in [5.74, 6) is -0.205. The van der Waals surface area contributed by atoms with Crippen LogP contribution in [0.15, 0.2) is 0 Å². The van der Waals surface area contributed by atoms with E-state index in [9.17, 15) is 13.6 Å². The third-order valence-electron chi connectivity index (χ3n) is 2.58. The predicted octanol–water partition coefficient (Wildman–Crippen LogP) is -0.177. The van der Waals surface area contributed by atoms with Gasteiger partial charge in [-0.2, -0.15) is 0 Å². The Hall–Kier alpha value is -0.750. The van der Waals surface area contributed by atoms with Gasteiger partial charge in [0.05, 0.1) is 12.6 Å². The van der Waals surface area contributed by atoms with E-state index in [1.54, 1.807) is 7.05 Å². The van der Waals surface area contributed by atoms with Crippen LogP contribution >= 0.6 is 0 Å². The third kappa shape index (κ3) is 3.10. The van der Waals surface area contributed by atoms with Crippen molar-refractivity contribution in [3.63, 3.8) is 0 Å². The molecule has 6 heteroatoms. The lowest BCUT2D eigenvalue weighted by molar-refractivity contribution is -0.139. The lowest BCUT2D eigenvalue weighted by atomic mass is 10.0. The van der Waals surface area contributed by atoms with Crippen molar-refractivity contribution in [2.24, 2.45) is 0 Å². The molecule has 1 heterocycles. The van der Waals surface area contributed by atoms with E-state index < -0.39 is 12.5 Å². The fourth-order valence-corrected chi connectivity index (χ4v) is 1.69. The van der Waals surface area contributed by atoms with Gasteiger partial charge in [-0.25, -0.2) is 8.78 Å². The maximum atomic E-state index is 12.1. The van der Waals surface area contributed by atoms with Crippen molar-refractivity contribution in [3.05, 3.63) is 0 Å². The molecule has 1 amide bonds. The highest BCUT2D eigenvalue weighted by atomic mass is 19.3. The average Bonchev–Trinajstić information content (AvgIpc) is 2.21. The second-order valence-corrected chi connectivity index (χ2v) is 3.67. The summed E-state index contributed by atoms with van der Waals surface area (Å²) in [5, 5.41) is 11.8. The van der Waals surface area contributed by atoms with Crippen molar-refractivity contribution in [2.75, 3.05) is 20.1 Å². The molecule has 1 fully saturated rings. The zero-order chi connectivity index (χ0) is 11.4. The van der Waals surface area contributed by atoms with E-state index in [4.69, 9.17) is 5.11 Å².